The van der Waals surface area contributed by atoms with Gasteiger partial charge in [-0.3, -0.25) is 4.79 Å². The van der Waals surface area contributed by atoms with Crippen molar-refractivity contribution in [3.8, 4) is 0 Å². The van der Waals surface area contributed by atoms with Crippen molar-refractivity contribution in [2.24, 2.45) is 0 Å². The monoisotopic (exact) mass is 250 g/mol. The highest BCUT2D eigenvalue weighted by Gasteiger charge is 2.27. The number of carbonyl (C=O) groups is 1. The molecule has 0 bridgehead atoms. The van der Waals surface area contributed by atoms with E-state index in [9.17, 15) is 18.0 Å². The molecule has 0 aliphatic rings. The summed E-state index contributed by atoms with van der Waals surface area (Å²) in [5.41, 5.74) is 1.43. The van der Waals surface area contributed by atoms with Crippen LogP contribution in [0, 0.1) is 13.8 Å². The van der Waals surface area contributed by atoms with Gasteiger partial charge in [0.05, 0.1) is 5.69 Å². The minimum atomic E-state index is -4.38. The molecule has 96 valence electrons. The second-order valence-electron chi connectivity index (χ2n) is 3.69. The molecule has 0 spiro atoms. The molecule has 0 fully saturated rings. The van der Waals surface area contributed by atoms with Crippen LogP contribution in [0.2, 0.25) is 0 Å². The maximum Gasteiger partial charge on any atom is 0.405 e. The molecule has 0 saturated heterocycles. The zero-order valence-electron chi connectivity index (χ0n) is 9.52. The normalized spacial score (nSPS) is 11.6. The minimum absolute atomic E-state index is 0.0149. The van der Waals surface area contributed by atoms with Gasteiger partial charge in [0.1, 0.15) is 12.3 Å². The van der Waals surface area contributed by atoms with Crippen LogP contribution in [0.4, 0.5) is 13.2 Å². The fraction of sp³-hybridized carbons (Fsp3) is 0.600. The molecule has 0 aliphatic heterocycles. The van der Waals surface area contributed by atoms with Crippen molar-refractivity contribution in [3.63, 3.8) is 0 Å². The van der Waals surface area contributed by atoms with Crippen molar-refractivity contribution in [1.29, 1.82) is 0 Å². The molecule has 1 N–H and O–H groups in total. The molecule has 1 amide bonds. The highest BCUT2D eigenvalue weighted by Crippen LogP contribution is 2.15. The summed E-state index contributed by atoms with van der Waals surface area (Å²) in [7, 11) is 0. The molecule has 0 atom stereocenters. The number of amides is 1. The van der Waals surface area contributed by atoms with Gasteiger partial charge in [-0.05, 0) is 20.3 Å². The van der Waals surface area contributed by atoms with E-state index >= 15 is 0 Å². The Bertz CT molecular complexity index is 379. The van der Waals surface area contributed by atoms with Crippen LogP contribution >= 0.6 is 0 Å². The molecular formula is C10H13F3N2O2. The third-order valence-electron chi connectivity index (χ3n) is 2.27. The van der Waals surface area contributed by atoms with Gasteiger partial charge in [-0.1, -0.05) is 5.16 Å². The molecule has 0 radical (unpaired) electrons. The summed E-state index contributed by atoms with van der Waals surface area (Å²) < 4.78 is 40.3. The quantitative estimate of drug-likeness (QED) is 0.888. The van der Waals surface area contributed by atoms with Crippen molar-refractivity contribution >= 4 is 5.91 Å². The molecule has 7 heteroatoms. The predicted octanol–water partition coefficient (Wildman–Crippen LogP) is 1.90. The third-order valence-corrected chi connectivity index (χ3v) is 2.27. The lowest BCUT2D eigenvalue weighted by atomic mass is 10.1. The van der Waals surface area contributed by atoms with Gasteiger partial charge < -0.3 is 9.84 Å². The number of hydrogen-bond donors (Lipinski definition) is 1. The highest BCUT2D eigenvalue weighted by atomic mass is 19.4. The van der Waals surface area contributed by atoms with Crippen molar-refractivity contribution in [3.05, 3.63) is 17.0 Å². The topological polar surface area (TPSA) is 55.1 Å². The first kappa shape index (κ1) is 13.5. The van der Waals surface area contributed by atoms with Gasteiger partial charge in [0, 0.05) is 12.0 Å². The van der Waals surface area contributed by atoms with Crippen LogP contribution in [0.3, 0.4) is 0 Å². The van der Waals surface area contributed by atoms with E-state index in [-0.39, 0.29) is 6.42 Å². The molecule has 0 saturated carbocycles. The van der Waals surface area contributed by atoms with Gasteiger partial charge in [-0.25, -0.2) is 0 Å². The highest BCUT2D eigenvalue weighted by molar-refractivity contribution is 5.76. The molecule has 17 heavy (non-hydrogen) atoms. The second kappa shape index (κ2) is 5.20. The average molecular weight is 250 g/mol. The van der Waals surface area contributed by atoms with Gasteiger partial charge in [0.15, 0.2) is 0 Å². The van der Waals surface area contributed by atoms with Crippen molar-refractivity contribution in [1.82, 2.24) is 10.5 Å². The Labute approximate surface area is 96.2 Å². The van der Waals surface area contributed by atoms with Crippen LogP contribution in [-0.2, 0) is 11.2 Å². The number of aryl methyl sites for hydroxylation is 2. The Morgan fingerprint density at radius 1 is 1.41 bits per heavy atom. The van der Waals surface area contributed by atoms with Crippen molar-refractivity contribution in [2.45, 2.75) is 32.9 Å². The first-order valence-electron chi connectivity index (χ1n) is 5.05. The van der Waals surface area contributed by atoms with Crippen molar-refractivity contribution in [2.75, 3.05) is 6.54 Å². The number of alkyl halides is 3. The van der Waals surface area contributed by atoms with Gasteiger partial charge in [-0.15, -0.1) is 0 Å². The minimum Gasteiger partial charge on any atom is -0.361 e. The third kappa shape index (κ3) is 4.46. The Hall–Kier alpha value is -1.53. The van der Waals surface area contributed by atoms with E-state index in [1.54, 1.807) is 13.8 Å². The van der Waals surface area contributed by atoms with Gasteiger partial charge in [0.25, 0.3) is 0 Å². The number of halogens is 3. The van der Waals surface area contributed by atoms with E-state index in [0.29, 0.717) is 17.9 Å². The number of nitrogens with zero attached hydrogens (tertiary/aromatic N) is 1. The van der Waals surface area contributed by atoms with Gasteiger partial charge in [-0.2, -0.15) is 13.2 Å². The van der Waals surface area contributed by atoms with Crippen molar-refractivity contribution < 1.29 is 22.5 Å². The van der Waals surface area contributed by atoms with Crippen LogP contribution < -0.4 is 5.32 Å². The van der Waals surface area contributed by atoms with Crippen LogP contribution in [0.25, 0.3) is 0 Å². The first-order valence-corrected chi connectivity index (χ1v) is 5.05. The summed E-state index contributed by atoms with van der Waals surface area (Å²) in [6.07, 6.45) is -4.07. The zero-order valence-corrected chi connectivity index (χ0v) is 9.52. The summed E-state index contributed by atoms with van der Waals surface area (Å²) in [6.45, 7) is 2.12. The molecule has 1 rings (SSSR count). The summed E-state index contributed by atoms with van der Waals surface area (Å²) >= 11 is 0. The Morgan fingerprint density at radius 2 is 2.06 bits per heavy atom. The molecular weight excluding hydrogens is 237 g/mol. The first-order chi connectivity index (χ1) is 7.79. The Kier molecular flexibility index (Phi) is 4.14. The summed E-state index contributed by atoms with van der Waals surface area (Å²) in [5.74, 6) is -0.0477. The van der Waals surface area contributed by atoms with Crippen LogP contribution in [0.15, 0.2) is 4.52 Å². The molecule has 1 aromatic heterocycles. The van der Waals surface area contributed by atoms with E-state index in [4.69, 9.17) is 4.52 Å². The standard InChI is InChI=1S/C10H13F3N2O2/c1-6-8(7(2)17-15-6)3-4-9(16)14-5-10(11,12)13/h3-5H2,1-2H3,(H,14,16). The van der Waals surface area contributed by atoms with E-state index in [1.807, 2.05) is 5.32 Å². The summed E-state index contributed by atoms with van der Waals surface area (Å²) in [5, 5.41) is 5.50. The Morgan fingerprint density at radius 3 is 2.53 bits per heavy atom. The fourth-order valence-electron chi connectivity index (χ4n) is 1.38. The lowest BCUT2D eigenvalue weighted by Crippen LogP contribution is -2.33. The maximum atomic E-state index is 11.8. The second-order valence-corrected chi connectivity index (χ2v) is 3.69. The maximum absolute atomic E-state index is 11.8. The lowest BCUT2D eigenvalue weighted by Gasteiger charge is -2.07. The van der Waals surface area contributed by atoms with E-state index in [2.05, 4.69) is 5.16 Å². The molecule has 1 aromatic rings. The number of carbonyl (C=O) groups excluding carboxylic acids is 1. The smallest absolute Gasteiger partial charge is 0.361 e. The zero-order chi connectivity index (χ0) is 13.1. The lowest BCUT2D eigenvalue weighted by molar-refractivity contribution is -0.138. The summed E-state index contributed by atoms with van der Waals surface area (Å²) in [6, 6.07) is 0. The molecule has 0 aromatic carbocycles. The van der Waals surface area contributed by atoms with Crippen LogP contribution in [0.1, 0.15) is 23.4 Å². The number of rotatable bonds is 4. The predicted molar refractivity (Wildman–Crippen MR) is 53.4 cm³/mol. The average Bonchev–Trinajstić information content (AvgIpc) is 2.52. The Balaban J connectivity index is 2.39. The molecule has 0 unspecified atom stereocenters. The number of aromatic nitrogens is 1. The van der Waals surface area contributed by atoms with E-state index in [0.717, 1.165) is 5.56 Å². The largest absolute Gasteiger partial charge is 0.405 e. The number of nitrogens with one attached hydrogen (secondary N) is 1. The SMILES string of the molecule is Cc1noc(C)c1CCC(=O)NCC(F)(F)F. The van der Waals surface area contributed by atoms with Crippen LogP contribution in [-0.4, -0.2) is 23.8 Å². The van der Waals surface area contributed by atoms with E-state index in [1.165, 1.54) is 0 Å². The number of hydrogen-bond acceptors (Lipinski definition) is 3. The van der Waals surface area contributed by atoms with E-state index < -0.39 is 18.6 Å². The van der Waals surface area contributed by atoms with Gasteiger partial charge >= 0.3 is 6.18 Å². The summed E-state index contributed by atoms with van der Waals surface area (Å²) in [4.78, 5) is 11.1. The molecule has 1 heterocycles. The fourth-order valence-corrected chi connectivity index (χ4v) is 1.38. The van der Waals surface area contributed by atoms with Crippen LogP contribution in [0.5, 0.6) is 0 Å². The van der Waals surface area contributed by atoms with Gasteiger partial charge in [0.2, 0.25) is 5.91 Å². The molecule has 4 nitrogen and oxygen atoms in total. The molecule has 0 aliphatic carbocycles.